The fourth-order valence-electron chi connectivity index (χ4n) is 4.97. The number of carbonyl (C=O) groups excluding carboxylic acids is 3. The van der Waals surface area contributed by atoms with Crippen LogP contribution in [0.25, 0.3) is 0 Å². The molecule has 1 aromatic heterocycles. The van der Waals surface area contributed by atoms with Gasteiger partial charge in [0.15, 0.2) is 6.61 Å². The predicted molar refractivity (Wildman–Crippen MR) is 132 cm³/mol. The van der Waals surface area contributed by atoms with Gasteiger partial charge in [0, 0.05) is 34.5 Å². The number of nitrogens with zero attached hydrogens (tertiary/aromatic N) is 2. The number of halogens is 1. The summed E-state index contributed by atoms with van der Waals surface area (Å²) in [6.45, 7) is 0.399. The van der Waals surface area contributed by atoms with Crippen molar-refractivity contribution in [2.45, 2.75) is 35.5 Å². The minimum atomic E-state index is -1.30. The number of ether oxygens (including phenoxy) is 1. The van der Waals surface area contributed by atoms with Crippen molar-refractivity contribution >= 4 is 58.4 Å². The van der Waals surface area contributed by atoms with Crippen LogP contribution in [-0.4, -0.2) is 75.1 Å². The molecule has 3 atom stereocenters. The van der Waals surface area contributed by atoms with Gasteiger partial charge in [-0.3, -0.25) is 28.9 Å². The number of nitrogens with one attached hydrogen (secondary N) is 1. The zero-order valence-electron chi connectivity index (χ0n) is 18.9. The van der Waals surface area contributed by atoms with Crippen LogP contribution in [0.5, 0.6) is 5.75 Å². The van der Waals surface area contributed by atoms with E-state index in [1.165, 1.54) is 0 Å². The van der Waals surface area contributed by atoms with E-state index < -0.39 is 41.4 Å². The number of H-pyrrole nitrogens is 1. The van der Waals surface area contributed by atoms with Crippen LogP contribution in [0.1, 0.15) is 35.6 Å². The molecule has 2 N–H and O–H groups in total. The molecule has 0 aliphatic carbocycles. The Hall–Kier alpha value is -2.83. The van der Waals surface area contributed by atoms with Gasteiger partial charge >= 0.3 is 10.8 Å². The smallest absolute Gasteiger partial charge is 0.323 e. The predicted octanol–water partition coefficient (Wildman–Crippen LogP) is 2.16. The van der Waals surface area contributed by atoms with Crippen LogP contribution in [0.4, 0.5) is 0 Å². The molecule has 2 aromatic rings. The van der Waals surface area contributed by atoms with Crippen LogP contribution in [0.3, 0.4) is 0 Å². The van der Waals surface area contributed by atoms with Gasteiger partial charge in [0.25, 0.3) is 5.91 Å². The van der Waals surface area contributed by atoms with Gasteiger partial charge in [0.2, 0.25) is 11.8 Å². The zero-order chi connectivity index (χ0) is 25.6. The summed E-state index contributed by atoms with van der Waals surface area (Å²) in [6.07, 6.45) is 2.97. The number of rotatable bonds is 6. The first-order valence-corrected chi connectivity index (χ1v) is 13.5. The molecule has 10 nitrogen and oxygen atoms in total. The number of benzene rings is 1. The van der Waals surface area contributed by atoms with E-state index in [1.807, 2.05) is 0 Å². The number of carboxylic acids is 1. The molecule has 0 spiro atoms. The maximum Gasteiger partial charge on any atom is 0.323 e. The highest BCUT2D eigenvalue weighted by Crippen LogP contribution is 2.54. The van der Waals surface area contributed by atoms with Crippen molar-refractivity contribution in [3.63, 3.8) is 0 Å². The lowest BCUT2D eigenvalue weighted by atomic mass is 9.82. The lowest BCUT2D eigenvalue weighted by molar-refractivity contribution is -0.149. The minimum absolute atomic E-state index is 0.153. The van der Waals surface area contributed by atoms with Crippen molar-refractivity contribution in [1.29, 1.82) is 0 Å². The molecule has 3 amide bonds. The van der Waals surface area contributed by atoms with Crippen molar-refractivity contribution in [2.75, 3.05) is 26.2 Å². The molecule has 3 aliphatic rings. The molecular formula is C23H22ClN3O7S2. The Morgan fingerprint density at radius 1 is 1.14 bits per heavy atom. The van der Waals surface area contributed by atoms with E-state index in [4.69, 9.17) is 16.3 Å². The van der Waals surface area contributed by atoms with E-state index in [9.17, 15) is 29.1 Å². The first-order chi connectivity index (χ1) is 17.2. The van der Waals surface area contributed by atoms with Crippen LogP contribution in [0, 0.1) is 5.92 Å². The van der Waals surface area contributed by atoms with Gasteiger partial charge in [-0.15, -0.1) is 0 Å². The average Bonchev–Trinajstić information content (AvgIpc) is 3.34. The number of piperidine rings is 1. The summed E-state index contributed by atoms with van der Waals surface area (Å²) in [5.74, 6) is -4.15. The summed E-state index contributed by atoms with van der Waals surface area (Å²) < 4.78 is 5.94. The number of thioether (sulfide) groups is 1. The topological polar surface area (TPSA) is 137 Å². The molecule has 190 valence electrons. The molecule has 4 heterocycles. The highest BCUT2D eigenvalue weighted by molar-refractivity contribution is 8.00. The Morgan fingerprint density at radius 3 is 2.61 bits per heavy atom. The van der Waals surface area contributed by atoms with Crippen molar-refractivity contribution in [3.8, 4) is 5.75 Å². The molecule has 13 heteroatoms. The number of hydrogen-bond acceptors (Lipinski definition) is 8. The summed E-state index contributed by atoms with van der Waals surface area (Å²) in [7, 11) is 0. The first-order valence-electron chi connectivity index (χ1n) is 11.4. The Kier molecular flexibility index (Phi) is 6.84. The Morgan fingerprint density at radius 2 is 1.89 bits per heavy atom. The summed E-state index contributed by atoms with van der Waals surface area (Å²) in [5, 5.41) is 9.11. The SMILES string of the molecule is O=C(O)CN1C(=O)[C@@H]2[C@H](c3cc(Cl)ccc3OCC(=O)N3CCCCC3)c3sc(=O)[nH]c3S[C@@H]2C1=O. The van der Waals surface area contributed by atoms with Crippen molar-refractivity contribution in [1.82, 2.24) is 14.8 Å². The van der Waals surface area contributed by atoms with Gasteiger partial charge in [-0.25, -0.2) is 0 Å². The summed E-state index contributed by atoms with van der Waals surface area (Å²) in [5.41, 5.74) is 0.457. The van der Waals surface area contributed by atoms with E-state index in [0.29, 0.717) is 39.3 Å². The van der Waals surface area contributed by atoms with Gasteiger partial charge in [0.05, 0.1) is 10.9 Å². The monoisotopic (exact) mass is 551 g/mol. The number of aliphatic carboxylic acids is 1. The van der Waals surface area contributed by atoms with E-state index >= 15 is 0 Å². The maximum absolute atomic E-state index is 13.4. The summed E-state index contributed by atoms with van der Waals surface area (Å²) >= 11 is 8.29. The third-order valence-corrected chi connectivity index (χ3v) is 9.21. The fourth-order valence-corrected chi connectivity index (χ4v) is 7.68. The van der Waals surface area contributed by atoms with Crippen LogP contribution in [0.15, 0.2) is 28.0 Å². The maximum atomic E-state index is 13.4. The second-order valence-corrected chi connectivity index (χ2v) is 11.4. The van der Waals surface area contributed by atoms with E-state index in [2.05, 4.69) is 4.98 Å². The quantitative estimate of drug-likeness (QED) is 0.521. The number of aromatic amines is 1. The van der Waals surface area contributed by atoms with Gasteiger partial charge in [-0.1, -0.05) is 34.7 Å². The fraction of sp³-hybridized carbons (Fsp3) is 0.435. The Balaban J connectivity index is 1.53. The highest BCUT2D eigenvalue weighted by Gasteiger charge is 2.56. The molecule has 0 bridgehead atoms. The number of fused-ring (bicyclic) bond motifs is 2. The number of amides is 3. The van der Waals surface area contributed by atoms with Crippen molar-refractivity contribution in [2.24, 2.45) is 5.92 Å². The number of carbonyl (C=O) groups is 4. The van der Waals surface area contributed by atoms with Gasteiger partial charge < -0.3 is 19.7 Å². The molecule has 0 saturated carbocycles. The minimum Gasteiger partial charge on any atom is -0.483 e. The van der Waals surface area contributed by atoms with Crippen LogP contribution < -0.4 is 9.61 Å². The first kappa shape index (κ1) is 24.8. The van der Waals surface area contributed by atoms with E-state index in [1.54, 1.807) is 23.1 Å². The molecule has 36 heavy (non-hydrogen) atoms. The third-order valence-electron chi connectivity index (χ3n) is 6.58. The Labute approximate surface area is 218 Å². The highest BCUT2D eigenvalue weighted by atomic mass is 35.5. The van der Waals surface area contributed by atoms with E-state index in [-0.39, 0.29) is 17.4 Å². The number of thiazole rings is 1. The normalized spacial score (nSPS) is 23.4. The molecule has 2 fully saturated rings. The molecule has 0 radical (unpaired) electrons. The molecule has 1 aromatic carbocycles. The Bertz CT molecular complexity index is 1300. The van der Waals surface area contributed by atoms with Gasteiger partial charge in [-0.05, 0) is 37.5 Å². The second-order valence-electron chi connectivity index (χ2n) is 8.82. The lowest BCUT2D eigenvalue weighted by Gasteiger charge is -2.31. The molecular weight excluding hydrogens is 530 g/mol. The standard InChI is InChI=1S/C23H22ClN3O7S2/c24-11-4-5-13(34-10-14(28)26-6-2-1-3-7-26)12(8-11)16-17-19(35-20-18(16)36-23(33)25-20)22(32)27(21(17)31)9-15(29)30/h4-5,8,16-17,19H,1-3,6-7,9-10H2,(H,25,33)(H,29,30)/t16-,17+,19-/m0/s1. The molecule has 3 aliphatic heterocycles. The molecule has 5 rings (SSSR count). The zero-order valence-corrected chi connectivity index (χ0v) is 21.3. The molecule has 0 unspecified atom stereocenters. The third kappa shape index (κ3) is 4.53. The number of aromatic nitrogens is 1. The van der Waals surface area contributed by atoms with Gasteiger partial charge in [0.1, 0.15) is 17.5 Å². The second kappa shape index (κ2) is 9.91. The summed E-state index contributed by atoms with van der Waals surface area (Å²) in [4.78, 5) is 68.1. The van der Waals surface area contributed by atoms with Crippen molar-refractivity contribution < 1.29 is 29.0 Å². The summed E-state index contributed by atoms with van der Waals surface area (Å²) in [6, 6.07) is 4.80. The van der Waals surface area contributed by atoms with Crippen LogP contribution in [0.2, 0.25) is 5.02 Å². The van der Waals surface area contributed by atoms with E-state index in [0.717, 1.165) is 47.3 Å². The number of imide groups is 1. The molecule has 2 saturated heterocycles. The van der Waals surface area contributed by atoms with Crippen molar-refractivity contribution in [3.05, 3.63) is 43.3 Å². The largest absolute Gasteiger partial charge is 0.483 e. The number of carboxylic acid groups (broad SMARTS) is 1. The number of hydrogen-bond donors (Lipinski definition) is 2. The number of likely N-dealkylation sites (tertiary alicyclic amines) is 2. The van der Waals surface area contributed by atoms with Crippen LogP contribution >= 0.6 is 34.7 Å². The average molecular weight is 552 g/mol. The lowest BCUT2D eigenvalue weighted by Crippen LogP contribution is -2.38. The van der Waals surface area contributed by atoms with Gasteiger partial charge in [-0.2, -0.15) is 0 Å². The van der Waals surface area contributed by atoms with Crippen LogP contribution in [-0.2, 0) is 19.2 Å².